The van der Waals surface area contributed by atoms with E-state index in [1.165, 1.54) is 16.7 Å². The van der Waals surface area contributed by atoms with Gasteiger partial charge in [-0.15, -0.1) is 0 Å². The maximum Gasteiger partial charge on any atom is 0.118 e. The van der Waals surface area contributed by atoms with E-state index in [9.17, 15) is 0 Å². The van der Waals surface area contributed by atoms with E-state index in [-0.39, 0.29) is 6.04 Å². The van der Waals surface area contributed by atoms with E-state index in [1.54, 1.807) is 7.11 Å². The van der Waals surface area contributed by atoms with E-state index in [2.05, 4.69) is 48.6 Å². The molecule has 2 aromatic carbocycles. The van der Waals surface area contributed by atoms with E-state index in [0.717, 1.165) is 12.2 Å². The van der Waals surface area contributed by atoms with Gasteiger partial charge in [-0.05, 0) is 42.3 Å². The first kappa shape index (κ1) is 13.6. The summed E-state index contributed by atoms with van der Waals surface area (Å²) in [5, 5.41) is 3.38. The van der Waals surface area contributed by atoms with Crippen LogP contribution in [0.4, 0.5) is 0 Å². The molecular weight excluding hydrogens is 234 g/mol. The van der Waals surface area contributed by atoms with Crippen LogP contribution in [0.5, 0.6) is 5.75 Å². The zero-order chi connectivity index (χ0) is 13.7. The second kappa shape index (κ2) is 6.39. The number of ether oxygens (including phenoxy) is 1. The highest BCUT2D eigenvalue weighted by Gasteiger charge is 2.12. The number of rotatable bonds is 5. The van der Waals surface area contributed by atoms with Gasteiger partial charge < -0.3 is 10.1 Å². The molecule has 0 amide bonds. The normalized spacial score (nSPS) is 12.2. The van der Waals surface area contributed by atoms with Gasteiger partial charge in [-0.3, -0.25) is 0 Å². The van der Waals surface area contributed by atoms with Gasteiger partial charge in [-0.2, -0.15) is 0 Å². The standard InChI is InChI=1S/C17H21NO/c1-4-13-6-5-7-15(12-13)17(18-2)14-8-10-16(19-3)11-9-14/h5-12,17-18H,4H2,1-3H3. The molecule has 0 spiro atoms. The summed E-state index contributed by atoms with van der Waals surface area (Å²) in [6.07, 6.45) is 1.06. The van der Waals surface area contributed by atoms with Crippen molar-refractivity contribution in [1.82, 2.24) is 5.32 Å². The Hall–Kier alpha value is -1.80. The van der Waals surface area contributed by atoms with Crippen molar-refractivity contribution in [3.8, 4) is 5.75 Å². The Bertz CT molecular complexity index is 519. The van der Waals surface area contributed by atoms with E-state index in [0.29, 0.717) is 0 Å². The molecular formula is C17H21NO. The molecule has 2 aromatic rings. The van der Waals surface area contributed by atoms with Gasteiger partial charge in [0.05, 0.1) is 13.2 Å². The average Bonchev–Trinajstić information content (AvgIpc) is 2.49. The summed E-state index contributed by atoms with van der Waals surface area (Å²) in [5.74, 6) is 0.890. The smallest absolute Gasteiger partial charge is 0.118 e. The lowest BCUT2D eigenvalue weighted by Gasteiger charge is -2.18. The van der Waals surface area contributed by atoms with Crippen LogP contribution in [0.25, 0.3) is 0 Å². The third kappa shape index (κ3) is 3.15. The summed E-state index contributed by atoms with van der Waals surface area (Å²) >= 11 is 0. The summed E-state index contributed by atoms with van der Waals surface area (Å²) in [5.41, 5.74) is 3.91. The Morgan fingerprint density at radius 3 is 2.37 bits per heavy atom. The van der Waals surface area contributed by atoms with Gasteiger partial charge in [0.1, 0.15) is 5.75 Å². The third-order valence-electron chi connectivity index (χ3n) is 3.43. The fourth-order valence-electron chi connectivity index (χ4n) is 2.31. The quantitative estimate of drug-likeness (QED) is 0.882. The zero-order valence-corrected chi connectivity index (χ0v) is 11.8. The molecule has 0 aliphatic rings. The van der Waals surface area contributed by atoms with Crippen LogP contribution in [0, 0.1) is 0 Å². The topological polar surface area (TPSA) is 21.3 Å². The van der Waals surface area contributed by atoms with Crippen molar-refractivity contribution in [2.24, 2.45) is 0 Å². The van der Waals surface area contributed by atoms with Crippen LogP contribution in [0.3, 0.4) is 0 Å². The van der Waals surface area contributed by atoms with E-state index < -0.39 is 0 Å². The molecule has 2 rings (SSSR count). The summed E-state index contributed by atoms with van der Waals surface area (Å²) in [6, 6.07) is 17.2. The first-order valence-electron chi connectivity index (χ1n) is 6.68. The van der Waals surface area contributed by atoms with Crippen molar-refractivity contribution in [1.29, 1.82) is 0 Å². The number of aryl methyl sites for hydroxylation is 1. The SMILES string of the molecule is CCc1cccc(C(NC)c2ccc(OC)cc2)c1. The number of hydrogen-bond acceptors (Lipinski definition) is 2. The van der Waals surface area contributed by atoms with Crippen LogP contribution in [0.1, 0.15) is 29.7 Å². The Labute approximate surface area is 115 Å². The Balaban J connectivity index is 2.31. The molecule has 0 aromatic heterocycles. The van der Waals surface area contributed by atoms with E-state index in [4.69, 9.17) is 4.74 Å². The molecule has 0 radical (unpaired) electrons. The Kier molecular flexibility index (Phi) is 4.58. The second-order valence-electron chi connectivity index (χ2n) is 4.59. The minimum atomic E-state index is 0.220. The highest BCUT2D eigenvalue weighted by atomic mass is 16.5. The van der Waals surface area contributed by atoms with Crippen LogP contribution in [-0.2, 0) is 6.42 Å². The van der Waals surface area contributed by atoms with E-state index in [1.807, 2.05) is 19.2 Å². The van der Waals surface area contributed by atoms with Crippen LogP contribution >= 0.6 is 0 Å². The molecule has 0 heterocycles. The highest BCUT2D eigenvalue weighted by Crippen LogP contribution is 2.24. The largest absolute Gasteiger partial charge is 0.497 e. The molecule has 19 heavy (non-hydrogen) atoms. The van der Waals surface area contributed by atoms with Crippen molar-refractivity contribution in [3.63, 3.8) is 0 Å². The predicted octanol–water partition coefficient (Wildman–Crippen LogP) is 3.57. The molecule has 100 valence electrons. The zero-order valence-electron chi connectivity index (χ0n) is 11.8. The molecule has 0 saturated heterocycles. The van der Waals surface area contributed by atoms with Crippen molar-refractivity contribution >= 4 is 0 Å². The lowest BCUT2D eigenvalue weighted by Crippen LogP contribution is -2.17. The Morgan fingerprint density at radius 1 is 1.05 bits per heavy atom. The van der Waals surface area contributed by atoms with Crippen molar-refractivity contribution in [3.05, 3.63) is 65.2 Å². The van der Waals surface area contributed by atoms with Crippen molar-refractivity contribution in [2.45, 2.75) is 19.4 Å². The first-order valence-corrected chi connectivity index (χ1v) is 6.68. The lowest BCUT2D eigenvalue weighted by molar-refractivity contribution is 0.414. The second-order valence-corrected chi connectivity index (χ2v) is 4.59. The summed E-state index contributed by atoms with van der Waals surface area (Å²) in [4.78, 5) is 0. The lowest BCUT2D eigenvalue weighted by atomic mass is 9.96. The number of nitrogens with one attached hydrogen (secondary N) is 1. The van der Waals surface area contributed by atoms with Crippen LogP contribution < -0.4 is 10.1 Å². The highest BCUT2D eigenvalue weighted by molar-refractivity contribution is 5.37. The summed E-state index contributed by atoms with van der Waals surface area (Å²) < 4.78 is 5.20. The van der Waals surface area contributed by atoms with Gasteiger partial charge in [0, 0.05) is 0 Å². The number of benzene rings is 2. The minimum Gasteiger partial charge on any atom is -0.497 e. The van der Waals surface area contributed by atoms with Crippen molar-refractivity contribution < 1.29 is 4.74 Å². The molecule has 1 N–H and O–H groups in total. The van der Waals surface area contributed by atoms with Gasteiger partial charge in [0.15, 0.2) is 0 Å². The molecule has 2 heteroatoms. The number of methoxy groups -OCH3 is 1. The molecule has 2 nitrogen and oxygen atoms in total. The van der Waals surface area contributed by atoms with Gasteiger partial charge in [0.2, 0.25) is 0 Å². The van der Waals surface area contributed by atoms with Crippen molar-refractivity contribution in [2.75, 3.05) is 14.2 Å². The monoisotopic (exact) mass is 255 g/mol. The molecule has 1 atom stereocenters. The molecule has 1 unspecified atom stereocenters. The van der Waals surface area contributed by atoms with Crippen LogP contribution in [-0.4, -0.2) is 14.2 Å². The average molecular weight is 255 g/mol. The van der Waals surface area contributed by atoms with Gasteiger partial charge in [0.25, 0.3) is 0 Å². The van der Waals surface area contributed by atoms with Gasteiger partial charge in [-0.1, -0.05) is 43.3 Å². The van der Waals surface area contributed by atoms with Gasteiger partial charge in [-0.25, -0.2) is 0 Å². The maximum atomic E-state index is 5.20. The minimum absolute atomic E-state index is 0.220. The van der Waals surface area contributed by atoms with Crippen LogP contribution in [0.2, 0.25) is 0 Å². The Morgan fingerprint density at radius 2 is 1.79 bits per heavy atom. The molecule has 0 aliphatic carbocycles. The fraction of sp³-hybridized carbons (Fsp3) is 0.294. The molecule has 0 bridgehead atoms. The summed E-state index contributed by atoms with van der Waals surface area (Å²) in [6.45, 7) is 2.18. The van der Waals surface area contributed by atoms with E-state index >= 15 is 0 Å². The summed E-state index contributed by atoms with van der Waals surface area (Å²) in [7, 11) is 3.68. The van der Waals surface area contributed by atoms with Crippen LogP contribution in [0.15, 0.2) is 48.5 Å². The fourth-order valence-corrected chi connectivity index (χ4v) is 2.31. The first-order chi connectivity index (χ1) is 9.28. The maximum absolute atomic E-state index is 5.20. The third-order valence-corrected chi connectivity index (χ3v) is 3.43. The number of hydrogen-bond donors (Lipinski definition) is 1. The predicted molar refractivity (Wildman–Crippen MR) is 79.7 cm³/mol. The molecule has 0 fully saturated rings. The van der Waals surface area contributed by atoms with Gasteiger partial charge >= 0.3 is 0 Å². The molecule has 0 saturated carbocycles. The molecule has 0 aliphatic heterocycles.